The first-order valence-corrected chi connectivity index (χ1v) is 12.9. The highest BCUT2D eigenvalue weighted by molar-refractivity contribution is 6.11. The molecule has 3 aromatic heterocycles. The van der Waals surface area contributed by atoms with Crippen molar-refractivity contribution < 1.29 is 4.79 Å². The molecule has 2 fully saturated rings. The molecule has 0 bridgehead atoms. The van der Waals surface area contributed by atoms with E-state index in [0.717, 1.165) is 30.3 Å². The lowest BCUT2D eigenvalue weighted by Gasteiger charge is -2.34. The molecule has 2 aliphatic heterocycles. The van der Waals surface area contributed by atoms with Crippen molar-refractivity contribution in [1.29, 1.82) is 5.26 Å². The smallest absolute Gasteiger partial charge is 0.331 e. The quantitative estimate of drug-likeness (QED) is 0.548. The van der Waals surface area contributed by atoms with E-state index in [1.807, 2.05) is 16.4 Å². The van der Waals surface area contributed by atoms with E-state index in [-0.39, 0.29) is 18.5 Å². The van der Waals surface area contributed by atoms with Gasteiger partial charge in [0.05, 0.1) is 23.3 Å². The molecule has 1 atom stereocenters. The van der Waals surface area contributed by atoms with Gasteiger partial charge in [0.15, 0.2) is 0 Å². The van der Waals surface area contributed by atoms with E-state index >= 15 is 0 Å². The summed E-state index contributed by atoms with van der Waals surface area (Å²) in [7, 11) is 1.59. The number of nitrogens with zero attached hydrogens (tertiary/aromatic N) is 7. The van der Waals surface area contributed by atoms with E-state index in [4.69, 9.17) is 5.73 Å². The number of carbonyl (C=O) groups excluding carboxylic acids is 1. The zero-order valence-electron chi connectivity index (χ0n) is 21.3. The van der Waals surface area contributed by atoms with Crippen molar-refractivity contribution in [2.75, 3.05) is 31.1 Å². The second kappa shape index (κ2) is 9.86. The standard InChI is InChI=1S/C26H32N8O3/c1-3-33-22-21(30(2)26(37)34(25(22)36)16-19-17(14-27)8-6-10-29-19)20(24(35)31-11-4-5-12-31)23(33)32-13-7-9-18(28)15-32/h6,8,10,18H,3-5,7,9,11-13,15-16,28H2,1-2H3/t18-/m1/s1. The molecule has 0 unspecified atom stereocenters. The largest absolute Gasteiger partial charge is 0.356 e. The Morgan fingerprint density at radius 2 is 1.92 bits per heavy atom. The molecule has 0 aliphatic carbocycles. The predicted molar refractivity (Wildman–Crippen MR) is 140 cm³/mol. The molecule has 0 radical (unpaired) electrons. The van der Waals surface area contributed by atoms with E-state index in [9.17, 15) is 19.6 Å². The van der Waals surface area contributed by atoms with Crippen LogP contribution in [0.25, 0.3) is 11.0 Å². The average Bonchev–Trinajstić information content (AvgIpc) is 3.56. The van der Waals surface area contributed by atoms with Crippen LogP contribution in [0.1, 0.15) is 54.2 Å². The molecule has 194 valence electrons. The number of aromatic nitrogens is 4. The number of fused-ring (bicyclic) bond motifs is 1. The fourth-order valence-corrected chi connectivity index (χ4v) is 5.70. The number of nitriles is 1. The van der Waals surface area contributed by atoms with Crippen molar-refractivity contribution in [3.63, 3.8) is 0 Å². The predicted octanol–water partition coefficient (Wildman–Crippen LogP) is 1.00. The Kier molecular flexibility index (Phi) is 6.60. The number of hydrogen-bond acceptors (Lipinski definition) is 7. The fraction of sp³-hybridized carbons (Fsp3) is 0.500. The van der Waals surface area contributed by atoms with Gasteiger partial charge in [0.1, 0.15) is 23.0 Å². The number of nitrogens with two attached hydrogens (primary N) is 1. The number of aryl methyl sites for hydroxylation is 2. The molecule has 2 saturated heterocycles. The van der Waals surface area contributed by atoms with Crippen LogP contribution >= 0.6 is 0 Å². The number of pyridine rings is 1. The number of anilines is 1. The maximum atomic E-state index is 14.0. The lowest BCUT2D eigenvalue weighted by molar-refractivity contribution is 0.0794. The van der Waals surface area contributed by atoms with Crippen LogP contribution in [0.3, 0.4) is 0 Å². The highest BCUT2D eigenvalue weighted by atomic mass is 16.2. The van der Waals surface area contributed by atoms with Crippen LogP contribution in [0.15, 0.2) is 27.9 Å². The molecule has 2 N–H and O–H groups in total. The van der Waals surface area contributed by atoms with Gasteiger partial charge in [-0.15, -0.1) is 0 Å². The van der Waals surface area contributed by atoms with E-state index < -0.39 is 11.2 Å². The van der Waals surface area contributed by atoms with E-state index in [0.29, 0.717) is 66.4 Å². The monoisotopic (exact) mass is 504 g/mol. The minimum absolute atomic E-state index is 0.0409. The fourth-order valence-electron chi connectivity index (χ4n) is 5.70. The molecule has 1 amide bonds. The lowest BCUT2D eigenvalue weighted by Crippen LogP contribution is -2.44. The van der Waals surface area contributed by atoms with Gasteiger partial charge in [0.25, 0.3) is 11.5 Å². The van der Waals surface area contributed by atoms with Gasteiger partial charge in [-0.3, -0.25) is 23.7 Å². The summed E-state index contributed by atoms with van der Waals surface area (Å²) < 4.78 is 4.36. The van der Waals surface area contributed by atoms with Crippen LogP contribution in [0.4, 0.5) is 5.82 Å². The first-order valence-electron chi connectivity index (χ1n) is 12.9. The Hall–Kier alpha value is -3.91. The van der Waals surface area contributed by atoms with Crippen LogP contribution in [0, 0.1) is 11.3 Å². The third kappa shape index (κ3) is 4.11. The van der Waals surface area contributed by atoms with Crippen molar-refractivity contribution in [1.82, 2.24) is 23.6 Å². The Bertz CT molecular complexity index is 1520. The van der Waals surface area contributed by atoms with Crippen LogP contribution in [-0.2, 0) is 20.1 Å². The van der Waals surface area contributed by atoms with Crippen molar-refractivity contribution >= 4 is 22.8 Å². The second-order valence-electron chi connectivity index (χ2n) is 9.83. The first-order chi connectivity index (χ1) is 17.9. The third-order valence-electron chi connectivity index (χ3n) is 7.51. The van der Waals surface area contributed by atoms with Crippen molar-refractivity contribution in [2.45, 2.75) is 51.7 Å². The molecular formula is C26H32N8O3. The van der Waals surface area contributed by atoms with Gasteiger partial charge >= 0.3 is 5.69 Å². The van der Waals surface area contributed by atoms with Crippen molar-refractivity contribution in [3.05, 3.63) is 56.0 Å². The van der Waals surface area contributed by atoms with Gasteiger partial charge in [-0.05, 0) is 44.7 Å². The SMILES string of the molecule is CCn1c(N2CCC[C@@H](N)C2)c(C(=O)N2CCCC2)c2c1c(=O)n(Cc1ncccc1C#N)c(=O)n2C. The number of carbonyl (C=O) groups is 1. The molecule has 2 aliphatic rings. The van der Waals surface area contributed by atoms with E-state index in [1.54, 1.807) is 19.2 Å². The molecule has 0 spiro atoms. The van der Waals surface area contributed by atoms with Crippen molar-refractivity contribution in [2.24, 2.45) is 12.8 Å². The summed E-state index contributed by atoms with van der Waals surface area (Å²) in [6.07, 6.45) is 5.17. The van der Waals surface area contributed by atoms with Gasteiger partial charge in [0.2, 0.25) is 0 Å². The first kappa shape index (κ1) is 24.8. The normalized spacial score (nSPS) is 17.9. The molecule has 0 aromatic carbocycles. The summed E-state index contributed by atoms with van der Waals surface area (Å²) in [5.74, 6) is 0.498. The van der Waals surface area contributed by atoms with Crippen LogP contribution in [-0.4, -0.2) is 61.7 Å². The molecular weight excluding hydrogens is 472 g/mol. The molecule has 5 heterocycles. The number of likely N-dealkylation sites (tertiary alicyclic amines) is 1. The minimum Gasteiger partial charge on any atom is -0.356 e. The van der Waals surface area contributed by atoms with Gasteiger partial charge in [-0.25, -0.2) is 4.79 Å². The summed E-state index contributed by atoms with van der Waals surface area (Å²) in [6, 6.07) is 5.28. The summed E-state index contributed by atoms with van der Waals surface area (Å²) in [5.41, 5.74) is 6.94. The summed E-state index contributed by atoms with van der Waals surface area (Å²) >= 11 is 0. The lowest BCUT2D eigenvalue weighted by atomic mass is 10.1. The minimum atomic E-state index is -0.558. The molecule has 11 nitrogen and oxygen atoms in total. The van der Waals surface area contributed by atoms with Crippen LogP contribution < -0.4 is 21.9 Å². The number of rotatable bonds is 5. The average molecular weight is 505 g/mol. The maximum Gasteiger partial charge on any atom is 0.331 e. The zero-order valence-corrected chi connectivity index (χ0v) is 21.3. The van der Waals surface area contributed by atoms with Gasteiger partial charge in [-0.2, -0.15) is 5.26 Å². The highest BCUT2D eigenvalue weighted by Gasteiger charge is 2.35. The van der Waals surface area contributed by atoms with Gasteiger partial charge in [-0.1, -0.05) is 0 Å². The molecule has 37 heavy (non-hydrogen) atoms. The number of hydrogen-bond donors (Lipinski definition) is 1. The Morgan fingerprint density at radius 3 is 2.59 bits per heavy atom. The topological polar surface area (TPSA) is 135 Å². The number of amides is 1. The second-order valence-corrected chi connectivity index (χ2v) is 9.83. The highest BCUT2D eigenvalue weighted by Crippen LogP contribution is 2.34. The van der Waals surface area contributed by atoms with Crippen molar-refractivity contribution in [3.8, 4) is 6.07 Å². The Morgan fingerprint density at radius 1 is 1.16 bits per heavy atom. The summed E-state index contributed by atoms with van der Waals surface area (Å²) in [5, 5.41) is 9.49. The number of piperidine rings is 1. The van der Waals surface area contributed by atoms with E-state index in [1.165, 1.54) is 10.8 Å². The third-order valence-corrected chi connectivity index (χ3v) is 7.51. The van der Waals surface area contributed by atoms with Gasteiger partial charge < -0.3 is 20.1 Å². The van der Waals surface area contributed by atoms with Crippen LogP contribution in [0.2, 0.25) is 0 Å². The molecule has 5 rings (SSSR count). The Labute approximate surface area is 214 Å². The molecule has 0 saturated carbocycles. The maximum absolute atomic E-state index is 14.0. The Balaban J connectivity index is 1.80. The van der Waals surface area contributed by atoms with E-state index in [2.05, 4.69) is 16.0 Å². The molecule has 11 heteroatoms. The summed E-state index contributed by atoms with van der Waals surface area (Å²) in [4.78, 5) is 49.7. The zero-order chi connectivity index (χ0) is 26.3. The molecule has 3 aromatic rings. The summed E-state index contributed by atoms with van der Waals surface area (Å²) in [6.45, 7) is 4.81. The van der Waals surface area contributed by atoms with Crippen LogP contribution in [0.5, 0.6) is 0 Å². The van der Waals surface area contributed by atoms with Gasteiger partial charge in [0, 0.05) is 52.0 Å².